The summed E-state index contributed by atoms with van der Waals surface area (Å²) >= 11 is 0. The summed E-state index contributed by atoms with van der Waals surface area (Å²) < 4.78 is 28.6. The number of hydrogen-bond donors (Lipinski definition) is 3. The van der Waals surface area contributed by atoms with E-state index in [1.807, 2.05) is 6.07 Å². The van der Waals surface area contributed by atoms with Gasteiger partial charge in [0.15, 0.2) is 0 Å². The van der Waals surface area contributed by atoms with Crippen molar-refractivity contribution in [1.82, 2.24) is 20.6 Å². The molecule has 31 heavy (non-hydrogen) atoms. The summed E-state index contributed by atoms with van der Waals surface area (Å²) in [6, 6.07) is 8.70. The van der Waals surface area contributed by atoms with Crippen molar-refractivity contribution in [2.24, 2.45) is 0 Å². The van der Waals surface area contributed by atoms with Gasteiger partial charge in [-0.05, 0) is 42.7 Å². The average Bonchev–Trinajstić information content (AvgIpc) is 3.13. The maximum atomic E-state index is 14.3. The number of fused-ring (bicyclic) bond motifs is 1. The Morgan fingerprint density at radius 2 is 1.94 bits per heavy atom. The lowest BCUT2D eigenvalue weighted by atomic mass is 10.1. The molecule has 0 saturated carbocycles. The highest BCUT2D eigenvalue weighted by Crippen LogP contribution is 2.32. The summed E-state index contributed by atoms with van der Waals surface area (Å²) in [6.07, 6.45) is 3.89. The van der Waals surface area contributed by atoms with Crippen molar-refractivity contribution in [3.05, 3.63) is 71.1 Å². The summed E-state index contributed by atoms with van der Waals surface area (Å²) in [7, 11) is 0. The number of benzene rings is 1. The Hall–Kier alpha value is -3.88. The molecule has 0 unspecified atom stereocenters. The molecule has 0 spiro atoms. The van der Waals surface area contributed by atoms with Crippen molar-refractivity contribution in [3.8, 4) is 11.3 Å². The predicted molar refractivity (Wildman–Crippen MR) is 111 cm³/mol. The van der Waals surface area contributed by atoms with Crippen molar-refractivity contribution in [3.63, 3.8) is 0 Å². The monoisotopic (exact) mass is 423 g/mol. The summed E-state index contributed by atoms with van der Waals surface area (Å²) in [6.45, 7) is 0.755. The molecular formula is C22H19F2N5O2. The summed E-state index contributed by atoms with van der Waals surface area (Å²) in [5.41, 5.74) is 1.93. The van der Waals surface area contributed by atoms with Crippen LogP contribution in [0.1, 0.15) is 28.0 Å². The molecule has 0 atom stereocenters. The molecule has 0 aliphatic carbocycles. The SMILES string of the molecule is O=CNCCCc1ccc(Nc2cc(-c3c(F)cccc3F)nc3c2C(=O)NC3)nc1. The topological polar surface area (TPSA) is 96.0 Å². The Balaban J connectivity index is 1.63. The molecular weight excluding hydrogens is 404 g/mol. The highest BCUT2D eigenvalue weighted by Gasteiger charge is 2.27. The second-order valence-corrected chi connectivity index (χ2v) is 7.01. The zero-order valence-corrected chi connectivity index (χ0v) is 16.4. The quantitative estimate of drug-likeness (QED) is 0.382. The van der Waals surface area contributed by atoms with Crippen molar-refractivity contribution < 1.29 is 18.4 Å². The number of aryl methyl sites for hydroxylation is 1. The molecule has 0 bridgehead atoms. The summed E-state index contributed by atoms with van der Waals surface area (Å²) in [5.74, 6) is -1.31. The first kappa shape index (κ1) is 20.4. The maximum absolute atomic E-state index is 14.3. The van der Waals surface area contributed by atoms with E-state index >= 15 is 0 Å². The van der Waals surface area contributed by atoms with Crippen LogP contribution in [0.4, 0.5) is 20.3 Å². The number of halogens is 2. The van der Waals surface area contributed by atoms with E-state index in [0.29, 0.717) is 35.7 Å². The maximum Gasteiger partial charge on any atom is 0.255 e. The lowest BCUT2D eigenvalue weighted by Crippen LogP contribution is -2.13. The standard InChI is InChI=1S/C22H19F2N5O2/c23-14-4-1-5-15(24)20(14)16-9-17(21-18(28-16)11-27-22(21)31)29-19-7-6-13(10-26-19)3-2-8-25-12-30/h1,4-7,9-10,12H,2-3,8,11H2,(H,25,30)(H,27,31)(H,26,28,29). The molecule has 4 rings (SSSR count). The van der Waals surface area contributed by atoms with Crippen LogP contribution in [0, 0.1) is 11.6 Å². The van der Waals surface area contributed by atoms with E-state index in [-0.39, 0.29) is 23.7 Å². The molecule has 0 fully saturated rings. The van der Waals surface area contributed by atoms with E-state index in [9.17, 15) is 18.4 Å². The number of pyridine rings is 2. The smallest absolute Gasteiger partial charge is 0.255 e. The minimum Gasteiger partial charge on any atom is -0.359 e. The number of aromatic nitrogens is 2. The van der Waals surface area contributed by atoms with Gasteiger partial charge in [0.05, 0.1) is 34.7 Å². The van der Waals surface area contributed by atoms with E-state index in [2.05, 4.69) is 25.9 Å². The van der Waals surface area contributed by atoms with Crippen molar-refractivity contribution in [1.29, 1.82) is 0 Å². The fraction of sp³-hybridized carbons (Fsp3) is 0.182. The highest BCUT2D eigenvalue weighted by molar-refractivity contribution is 6.04. The first-order valence-electron chi connectivity index (χ1n) is 9.72. The molecule has 3 aromatic rings. The third-order valence-corrected chi connectivity index (χ3v) is 4.91. The Kier molecular flexibility index (Phi) is 5.83. The molecule has 3 heterocycles. The highest BCUT2D eigenvalue weighted by atomic mass is 19.1. The van der Waals surface area contributed by atoms with Gasteiger partial charge < -0.3 is 16.0 Å². The zero-order chi connectivity index (χ0) is 21.8. The van der Waals surface area contributed by atoms with Crippen LogP contribution in [0.5, 0.6) is 0 Å². The van der Waals surface area contributed by atoms with Crippen molar-refractivity contribution in [2.45, 2.75) is 19.4 Å². The molecule has 1 aliphatic heterocycles. The third kappa shape index (κ3) is 4.35. The van der Waals surface area contributed by atoms with Crippen LogP contribution in [0.2, 0.25) is 0 Å². The van der Waals surface area contributed by atoms with Crippen LogP contribution in [0.15, 0.2) is 42.6 Å². The van der Waals surface area contributed by atoms with E-state index in [1.54, 1.807) is 12.3 Å². The number of hydrogen-bond acceptors (Lipinski definition) is 5. The fourth-order valence-corrected chi connectivity index (χ4v) is 3.44. The lowest BCUT2D eigenvalue weighted by Gasteiger charge is -2.13. The van der Waals surface area contributed by atoms with E-state index in [4.69, 9.17) is 0 Å². The van der Waals surface area contributed by atoms with Gasteiger partial charge in [0.25, 0.3) is 5.91 Å². The molecule has 2 aromatic heterocycles. The molecule has 0 saturated heterocycles. The first-order valence-corrected chi connectivity index (χ1v) is 9.72. The van der Waals surface area contributed by atoms with Gasteiger partial charge in [0, 0.05) is 12.7 Å². The first-order chi connectivity index (χ1) is 15.1. The van der Waals surface area contributed by atoms with E-state index < -0.39 is 11.6 Å². The second kappa shape index (κ2) is 8.86. The van der Waals surface area contributed by atoms with Crippen molar-refractivity contribution in [2.75, 3.05) is 11.9 Å². The molecule has 7 nitrogen and oxygen atoms in total. The van der Waals surface area contributed by atoms with Crippen LogP contribution < -0.4 is 16.0 Å². The Labute approximate surface area is 176 Å². The number of nitrogens with one attached hydrogen (secondary N) is 3. The molecule has 2 amide bonds. The molecule has 1 aliphatic rings. The van der Waals surface area contributed by atoms with Gasteiger partial charge in [-0.2, -0.15) is 0 Å². The Morgan fingerprint density at radius 3 is 2.65 bits per heavy atom. The molecule has 3 N–H and O–H groups in total. The average molecular weight is 423 g/mol. The van der Waals surface area contributed by atoms with Gasteiger partial charge in [-0.3, -0.25) is 9.59 Å². The van der Waals surface area contributed by atoms with Gasteiger partial charge in [0.2, 0.25) is 6.41 Å². The number of anilines is 2. The van der Waals surface area contributed by atoms with Crippen LogP contribution in [0.3, 0.4) is 0 Å². The number of amides is 2. The van der Waals surface area contributed by atoms with Gasteiger partial charge >= 0.3 is 0 Å². The zero-order valence-electron chi connectivity index (χ0n) is 16.4. The van der Waals surface area contributed by atoms with Crippen LogP contribution in [-0.4, -0.2) is 28.8 Å². The summed E-state index contributed by atoms with van der Waals surface area (Å²) in [4.78, 5) is 31.2. The third-order valence-electron chi connectivity index (χ3n) is 4.91. The minimum atomic E-state index is -0.734. The minimum absolute atomic E-state index is 0.0904. The molecule has 158 valence electrons. The summed E-state index contributed by atoms with van der Waals surface area (Å²) in [5, 5.41) is 8.36. The largest absolute Gasteiger partial charge is 0.359 e. The van der Waals surface area contributed by atoms with Crippen molar-refractivity contribution >= 4 is 23.8 Å². The van der Waals surface area contributed by atoms with Gasteiger partial charge in [-0.15, -0.1) is 0 Å². The van der Waals surface area contributed by atoms with Gasteiger partial charge in [0.1, 0.15) is 17.5 Å². The lowest BCUT2D eigenvalue weighted by molar-refractivity contribution is -0.109. The van der Waals surface area contributed by atoms with Crippen LogP contribution in [-0.2, 0) is 17.8 Å². The Bertz CT molecular complexity index is 1120. The van der Waals surface area contributed by atoms with E-state index in [1.165, 1.54) is 12.1 Å². The molecule has 0 radical (unpaired) electrons. The number of rotatable bonds is 8. The number of carbonyl (C=O) groups is 2. The number of nitrogens with zero attached hydrogens (tertiary/aromatic N) is 2. The van der Waals surface area contributed by atoms with Crippen LogP contribution in [0.25, 0.3) is 11.3 Å². The predicted octanol–water partition coefficient (Wildman–Crippen LogP) is 3.09. The van der Waals surface area contributed by atoms with Crippen LogP contribution >= 0.6 is 0 Å². The normalized spacial score (nSPS) is 12.3. The fourth-order valence-electron chi connectivity index (χ4n) is 3.44. The Morgan fingerprint density at radius 1 is 1.13 bits per heavy atom. The molecule has 1 aromatic carbocycles. The molecule has 9 heteroatoms. The number of carbonyl (C=O) groups excluding carboxylic acids is 2. The van der Waals surface area contributed by atoms with Gasteiger partial charge in [-0.25, -0.2) is 18.7 Å². The second-order valence-electron chi connectivity index (χ2n) is 7.01. The van der Waals surface area contributed by atoms with E-state index in [0.717, 1.165) is 30.5 Å². The van der Waals surface area contributed by atoms with Gasteiger partial charge in [-0.1, -0.05) is 12.1 Å².